The fourth-order valence-electron chi connectivity index (χ4n) is 1.19. The summed E-state index contributed by atoms with van der Waals surface area (Å²) >= 11 is 0. The summed E-state index contributed by atoms with van der Waals surface area (Å²) in [5.74, 6) is 0. The van der Waals surface area contributed by atoms with Crippen LogP contribution in [0.25, 0.3) is 0 Å². The molecule has 0 heterocycles. The van der Waals surface area contributed by atoms with Gasteiger partial charge < -0.3 is 10.5 Å². The van der Waals surface area contributed by atoms with Crippen molar-refractivity contribution in [3.63, 3.8) is 0 Å². The summed E-state index contributed by atoms with van der Waals surface area (Å²) in [6.07, 6.45) is 2.30. The zero-order valence-corrected chi connectivity index (χ0v) is 9.50. The highest BCUT2D eigenvalue weighted by atomic mass is 35.5. The molecule has 2 N–H and O–H groups in total. The first-order valence-electron chi connectivity index (χ1n) is 4.54. The molecule has 1 aromatic rings. The topological polar surface area (TPSA) is 52.3 Å². The number of benzene rings is 1. The minimum absolute atomic E-state index is 0. The van der Waals surface area contributed by atoms with E-state index in [4.69, 9.17) is 10.5 Å². The van der Waals surface area contributed by atoms with Gasteiger partial charge in [0.1, 0.15) is 0 Å². The highest BCUT2D eigenvalue weighted by molar-refractivity contribution is 5.85. The Morgan fingerprint density at radius 2 is 1.80 bits per heavy atom. The summed E-state index contributed by atoms with van der Waals surface area (Å²) in [5.41, 5.74) is 7.30. The molecule has 4 heteroatoms. The van der Waals surface area contributed by atoms with Crippen LogP contribution in [0.5, 0.6) is 0 Å². The lowest BCUT2D eigenvalue weighted by Gasteiger charge is -2.06. The van der Waals surface area contributed by atoms with E-state index in [1.54, 1.807) is 0 Å². The van der Waals surface area contributed by atoms with Crippen LogP contribution in [0.4, 0.5) is 0 Å². The fraction of sp³-hybridized carbons (Fsp3) is 0.364. The molecule has 0 aromatic heterocycles. The number of hydrogen-bond acceptors (Lipinski definition) is 3. The number of carbonyl (C=O) groups excluding carboxylic acids is 1. The summed E-state index contributed by atoms with van der Waals surface area (Å²) in [5, 5.41) is 0. The van der Waals surface area contributed by atoms with Crippen molar-refractivity contribution >= 4 is 18.9 Å². The Morgan fingerprint density at radius 3 is 2.13 bits per heavy atom. The van der Waals surface area contributed by atoms with Crippen LogP contribution in [0.2, 0.25) is 0 Å². The molecule has 15 heavy (non-hydrogen) atoms. The molecule has 0 saturated heterocycles. The second-order valence-electron chi connectivity index (χ2n) is 3.35. The zero-order valence-electron chi connectivity index (χ0n) is 8.68. The Kier molecular flexibility index (Phi) is 5.97. The molecule has 2 rings (SSSR count). The van der Waals surface area contributed by atoms with E-state index in [1.807, 2.05) is 18.2 Å². The molecule has 1 saturated carbocycles. The molecule has 1 aromatic carbocycles. The molecule has 1 aliphatic rings. The van der Waals surface area contributed by atoms with Crippen molar-refractivity contribution < 1.29 is 9.53 Å². The number of carbonyl (C=O) groups is 1. The van der Waals surface area contributed by atoms with Crippen LogP contribution in [0.3, 0.4) is 0 Å². The standard InChI is InChI=1S/C9H11N.C2H4O2.ClH/c10-9(6-7-9)8-4-2-1-3-5-8;1-4-2-3;/h1-5H,6-7,10H2;2H,1H3;1H. The average Bonchev–Trinajstić information content (AvgIpc) is 3.00. The smallest absolute Gasteiger partial charge is 0.292 e. The maximum absolute atomic E-state index is 8.95. The molecule has 0 unspecified atom stereocenters. The lowest BCUT2D eigenvalue weighted by molar-refractivity contribution is -0.126. The molecule has 0 atom stereocenters. The first-order chi connectivity index (χ1) is 6.73. The molecule has 1 aliphatic carbocycles. The summed E-state index contributed by atoms with van der Waals surface area (Å²) < 4.78 is 3.86. The fourth-order valence-corrected chi connectivity index (χ4v) is 1.19. The predicted octanol–water partition coefficient (Wildman–Crippen LogP) is 1.85. The summed E-state index contributed by atoms with van der Waals surface area (Å²) in [7, 11) is 1.31. The minimum Gasteiger partial charge on any atom is -0.471 e. The highest BCUT2D eigenvalue weighted by Gasteiger charge is 2.39. The van der Waals surface area contributed by atoms with Gasteiger partial charge in [0.25, 0.3) is 6.47 Å². The molecule has 0 amide bonds. The third-order valence-corrected chi connectivity index (χ3v) is 2.23. The number of hydrogen-bond donors (Lipinski definition) is 1. The largest absolute Gasteiger partial charge is 0.471 e. The van der Waals surface area contributed by atoms with Crippen LogP contribution in [0.15, 0.2) is 30.3 Å². The summed E-state index contributed by atoms with van der Waals surface area (Å²) in [6, 6.07) is 10.3. The van der Waals surface area contributed by atoms with Crippen molar-refractivity contribution in [3.8, 4) is 0 Å². The molecule has 1 fully saturated rings. The van der Waals surface area contributed by atoms with E-state index in [1.165, 1.54) is 12.7 Å². The van der Waals surface area contributed by atoms with Crippen molar-refractivity contribution in [2.24, 2.45) is 5.73 Å². The number of methoxy groups -OCH3 is 1. The number of ether oxygens (including phenoxy) is 1. The van der Waals surface area contributed by atoms with Crippen LogP contribution in [-0.2, 0) is 15.1 Å². The van der Waals surface area contributed by atoms with Crippen molar-refractivity contribution in [1.29, 1.82) is 0 Å². The number of nitrogens with two attached hydrogens (primary N) is 1. The number of rotatable bonds is 2. The third-order valence-electron chi connectivity index (χ3n) is 2.23. The van der Waals surface area contributed by atoms with Gasteiger partial charge in [0.2, 0.25) is 0 Å². The Hall–Kier alpha value is -1.06. The highest BCUT2D eigenvalue weighted by Crippen LogP contribution is 2.42. The Morgan fingerprint density at radius 1 is 1.33 bits per heavy atom. The van der Waals surface area contributed by atoms with Crippen molar-refractivity contribution in [3.05, 3.63) is 35.9 Å². The number of halogens is 1. The quantitative estimate of drug-likeness (QED) is 0.788. The van der Waals surface area contributed by atoms with E-state index in [0.29, 0.717) is 6.47 Å². The van der Waals surface area contributed by atoms with Gasteiger partial charge in [0.15, 0.2) is 0 Å². The van der Waals surface area contributed by atoms with E-state index >= 15 is 0 Å². The van der Waals surface area contributed by atoms with Gasteiger partial charge in [-0.1, -0.05) is 30.3 Å². The van der Waals surface area contributed by atoms with E-state index in [-0.39, 0.29) is 17.9 Å². The van der Waals surface area contributed by atoms with Crippen molar-refractivity contribution in [1.82, 2.24) is 0 Å². The van der Waals surface area contributed by atoms with Crippen LogP contribution in [0, 0.1) is 0 Å². The molecular formula is C11H16ClNO2. The van der Waals surface area contributed by atoms with Gasteiger partial charge in [-0.25, -0.2) is 0 Å². The van der Waals surface area contributed by atoms with Gasteiger partial charge in [-0.3, -0.25) is 4.79 Å². The first-order valence-corrected chi connectivity index (χ1v) is 4.54. The lowest BCUT2D eigenvalue weighted by atomic mass is 10.1. The van der Waals surface area contributed by atoms with E-state index in [0.717, 1.165) is 12.8 Å². The van der Waals surface area contributed by atoms with E-state index in [9.17, 15) is 0 Å². The molecule has 0 bridgehead atoms. The Balaban J connectivity index is 0.000000346. The monoisotopic (exact) mass is 229 g/mol. The molecule has 0 spiro atoms. The predicted molar refractivity (Wildman–Crippen MR) is 61.9 cm³/mol. The van der Waals surface area contributed by atoms with Gasteiger partial charge in [0.05, 0.1) is 7.11 Å². The second kappa shape index (κ2) is 6.43. The van der Waals surface area contributed by atoms with Gasteiger partial charge >= 0.3 is 0 Å². The first kappa shape index (κ1) is 13.9. The Labute approximate surface area is 96.0 Å². The van der Waals surface area contributed by atoms with E-state index < -0.39 is 0 Å². The zero-order chi connectivity index (χ0) is 10.4. The molecular weight excluding hydrogens is 214 g/mol. The molecule has 0 radical (unpaired) electrons. The third kappa shape index (κ3) is 4.32. The van der Waals surface area contributed by atoms with Gasteiger partial charge in [-0.05, 0) is 18.4 Å². The van der Waals surface area contributed by atoms with Gasteiger partial charge in [0, 0.05) is 5.54 Å². The van der Waals surface area contributed by atoms with Crippen LogP contribution in [-0.4, -0.2) is 13.6 Å². The normalized spacial score (nSPS) is 15.1. The Bertz CT molecular complexity index is 286. The maximum Gasteiger partial charge on any atom is 0.292 e. The summed E-state index contributed by atoms with van der Waals surface area (Å²) in [6.45, 7) is 0.375. The summed E-state index contributed by atoms with van der Waals surface area (Å²) in [4.78, 5) is 8.95. The van der Waals surface area contributed by atoms with Crippen LogP contribution < -0.4 is 5.73 Å². The van der Waals surface area contributed by atoms with Crippen molar-refractivity contribution in [2.75, 3.05) is 7.11 Å². The van der Waals surface area contributed by atoms with Crippen LogP contribution in [0.1, 0.15) is 18.4 Å². The molecule has 0 aliphatic heterocycles. The maximum atomic E-state index is 8.95. The van der Waals surface area contributed by atoms with Crippen LogP contribution >= 0.6 is 12.4 Å². The minimum atomic E-state index is 0. The molecule has 84 valence electrons. The van der Waals surface area contributed by atoms with Gasteiger partial charge in [-0.15, -0.1) is 12.4 Å². The second-order valence-corrected chi connectivity index (χ2v) is 3.35. The van der Waals surface area contributed by atoms with E-state index in [2.05, 4.69) is 16.9 Å². The van der Waals surface area contributed by atoms with Crippen molar-refractivity contribution in [2.45, 2.75) is 18.4 Å². The SMILES string of the molecule is COC=O.Cl.NC1(c2ccccc2)CC1. The lowest BCUT2D eigenvalue weighted by Crippen LogP contribution is -2.18. The average molecular weight is 230 g/mol. The molecule has 3 nitrogen and oxygen atoms in total. The van der Waals surface area contributed by atoms with Gasteiger partial charge in [-0.2, -0.15) is 0 Å².